The Morgan fingerprint density at radius 2 is 1.80 bits per heavy atom. The molecule has 7 heteroatoms. The third-order valence-electron chi connectivity index (χ3n) is 5.37. The van der Waals surface area contributed by atoms with Crippen LogP contribution in [0.25, 0.3) is 5.65 Å². The summed E-state index contributed by atoms with van der Waals surface area (Å²) in [5, 5.41) is 0. The molecule has 1 aliphatic rings. The Bertz CT molecular complexity index is 1070. The van der Waals surface area contributed by atoms with Gasteiger partial charge < -0.3 is 14.0 Å². The summed E-state index contributed by atoms with van der Waals surface area (Å²) in [6.07, 6.45) is 3.46. The van der Waals surface area contributed by atoms with Crippen LogP contribution in [0.2, 0.25) is 0 Å². The van der Waals surface area contributed by atoms with Crippen molar-refractivity contribution in [2.75, 3.05) is 32.8 Å². The van der Waals surface area contributed by atoms with Crippen LogP contribution >= 0.6 is 0 Å². The Morgan fingerprint density at radius 1 is 1.03 bits per heavy atom. The fraction of sp³-hybridized carbons (Fsp3) is 0.348. The van der Waals surface area contributed by atoms with E-state index in [-0.39, 0.29) is 18.2 Å². The van der Waals surface area contributed by atoms with Crippen LogP contribution in [0.3, 0.4) is 0 Å². The molecule has 7 nitrogen and oxygen atoms in total. The maximum Gasteiger partial charge on any atom is 0.359 e. The Labute approximate surface area is 175 Å². The Morgan fingerprint density at radius 3 is 2.57 bits per heavy atom. The van der Waals surface area contributed by atoms with Gasteiger partial charge in [-0.15, -0.1) is 0 Å². The molecule has 0 N–H and O–H groups in total. The number of aryl methyl sites for hydroxylation is 2. The Balaban J connectivity index is 1.25. The summed E-state index contributed by atoms with van der Waals surface area (Å²) in [7, 11) is 0. The fourth-order valence-electron chi connectivity index (χ4n) is 3.70. The van der Waals surface area contributed by atoms with E-state index in [4.69, 9.17) is 4.74 Å². The molecular formula is C23H26N4O3. The average molecular weight is 406 g/mol. The molecule has 0 unspecified atom stereocenters. The normalized spacial score (nSPS) is 14.8. The number of hydrogen-bond donors (Lipinski definition) is 0. The van der Waals surface area contributed by atoms with E-state index in [1.165, 1.54) is 11.1 Å². The van der Waals surface area contributed by atoms with Crippen molar-refractivity contribution < 1.29 is 14.3 Å². The summed E-state index contributed by atoms with van der Waals surface area (Å²) in [4.78, 5) is 33.1. The van der Waals surface area contributed by atoms with Gasteiger partial charge in [-0.25, -0.2) is 9.78 Å². The second kappa shape index (κ2) is 8.67. The summed E-state index contributed by atoms with van der Waals surface area (Å²) in [5.41, 5.74) is 4.48. The van der Waals surface area contributed by atoms with E-state index in [2.05, 4.69) is 41.1 Å². The van der Waals surface area contributed by atoms with Crippen LogP contribution in [0, 0.1) is 13.8 Å². The minimum atomic E-state index is -0.581. The van der Waals surface area contributed by atoms with Crippen molar-refractivity contribution in [1.82, 2.24) is 19.2 Å². The molecule has 0 atom stereocenters. The lowest BCUT2D eigenvalue weighted by molar-refractivity contribution is -0.136. The summed E-state index contributed by atoms with van der Waals surface area (Å²) in [5.74, 6) is -0.749. The Hall–Kier alpha value is -3.19. The summed E-state index contributed by atoms with van der Waals surface area (Å²) in [6.45, 7) is 7.56. The number of amides is 1. The van der Waals surface area contributed by atoms with E-state index in [9.17, 15) is 9.59 Å². The van der Waals surface area contributed by atoms with Gasteiger partial charge in [-0.3, -0.25) is 9.69 Å². The molecule has 4 rings (SSSR count). The SMILES string of the molecule is Cc1cccc(CN2CCN(C(=O)COC(=O)c3cn4ccc(C)cc4n3)CC2)c1. The average Bonchev–Trinajstić information content (AvgIpc) is 3.15. The number of nitrogens with zero attached hydrogens (tertiary/aromatic N) is 4. The van der Waals surface area contributed by atoms with Gasteiger partial charge in [0.25, 0.3) is 5.91 Å². The highest BCUT2D eigenvalue weighted by molar-refractivity contribution is 5.90. The lowest BCUT2D eigenvalue weighted by Gasteiger charge is -2.34. The Kier molecular flexibility index (Phi) is 5.81. The van der Waals surface area contributed by atoms with E-state index in [1.807, 2.05) is 25.3 Å². The number of carbonyl (C=O) groups is 2. The van der Waals surface area contributed by atoms with E-state index in [0.29, 0.717) is 18.7 Å². The molecule has 0 radical (unpaired) electrons. The number of rotatable bonds is 5. The molecule has 2 aromatic heterocycles. The molecule has 1 amide bonds. The number of imidazole rings is 1. The van der Waals surface area contributed by atoms with Gasteiger partial charge in [-0.2, -0.15) is 0 Å². The predicted molar refractivity (Wildman–Crippen MR) is 113 cm³/mol. The van der Waals surface area contributed by atoms with Crippen molar-refractivity contribution in [2.24, 2.45) is 0 Å². The van der Waals surface area contributed by atoms with Gasteiger partial charge in [0.15, 0.2) is 12.3 Å². The minimum Gasteiger partial charge on any atom is -0.451 e. The highest BCUT2D eigenvalue weighted by atomic mass is 16.5. The lowest BCUT2D eigenvalue weighted by Crippen LogP contribution is -2.49. The van der Waals surface area contributed by atoms with Crippen LogP contribution in [0.4, 0.5) is 0 Å². The molecule has 0 spiro atoms. The van der Waals surface area contributed by atoms with E-state index in [1.54, 1.807) is 15.5 Å². The number of carbonyl (C=O) groups excluding carboxylic acids is 2. The third kappa shape index (κ3) is 4.68. The minimum absolute atomic E-state index is 0.168. The zero-order valence-electron chi connectivity index (χ0n) is 17.4. The first-order chi connectivity index (χ1) is 14.5. The van der Waals surface area contributed by atoms with Crippen LogP contribution in [-0.4, -0.2) is 63.8 Å². The first-order valence-corrected chi connectivity index (χ1v) is 10.2. The predicted octanol–water partition coefficient (Wildman–Crippen LogP) is 2.45. The van der Waals surface area contributed by atoms with E-state index in [0.717, 1.165) is 25.2 Å². The smallest absolute Gasteiger partial charge is 0.359 e. The van der Waals surface area contributed by atoms with Crippen molar-refractivity contribution in [2.45, 2.75) is 20.4 Å². The number of benzene rings is 1. The molecule has 1 saturated heterocycles. The number of pyridine rings is 1. The van der Waals surface area contributed by atoms with Crippen molar-refractivity contribution >= 4 is 17.5 Å². The van der Waals surface area contributed by atoms with Crippen LogP contribution in [0.5, 0.6) is 0 Å². The monoisotopic (exact) mass is 406 g/mol. The molecule has 1 aliphatic heterocycles. The second-order valence-corrected chi connectivity index (χ2v) is 7.82. The number of hydrogen-bond acceptors (Lipinski definition) is 5. The highest BCUT2D eigenvalue weighted by Gasteiger charge is 2.23. The van der Waals surface area contributed by atoms with Crippen molar-refractivity contribution in [3.05, 3.63) is 71.2 Å². The van der Waals surface area contributed by atoms with Gasteiger partial charge in [0.1, 0.15) is 5.65 Å². The number of ether oxygens (including phenoxy) is 1. The van der Waals surface area contributed by atoms with Crippen molar-refractivity contribution in [1.29, 1.82) is 0 Å². The van der Waals surface area contributed by atoms with Gasteiger partial charge in [0, 0.05) is 45.1 Å². The van der Waals surface area contributed by atoms with Crippen molar-refractivity contribution in [3.63, 3.8) is 0 Å². The second-order valence-electron chi connectivity index (χ2n) is 7.82. The van der Waals surface area contributed by atoms with Gasteiger partial charge in [0.05, 0.1) is 0 Å². The molecule has 3 aromatic rings. The van der Waals surface area contributed by atoms with Crippen LogP contribution < -0.4 is 0 Å². The fourth-order valence-corrected chi connectivity index (χ4v) is 3.70. The number of esters is 1. The topological polar surface area (TPSA) is 67.2 Å². The molecule has 30 heavy (non-hydrogen) atoms. The molecule has 3 heterocycles. The maximum absolute atomic E-state index is 12.5. The van der Waals surface area contributed by atoms with Crippen LogP contribution in [0.1, 0.15) is 27.2 Å². The van der Waals surface area contributed by atoms with Gasteiger partial charge in [0.2, 0.25) is 0 Å². The largest absolute Gasteiger partial charge is 0.451 e. The third-order valence-corrected chi connectivity index (χ3v) is 5.37. The maximum atomic E-state index is 12.5. The summed E-state index contributed by atoms with van der Waals surface area (Å²) in [6, 6.07) is 12.3. The first-order valence-electron chi connectivity index (χ1n) is 10.2. The number of aromatic nitrogens is 2. The van der Waals surface area contributed by atoms with Crippen LogP contribution in [0.15, 0.2) is 48.8 Å². The highest BCUT2D eigenvalue weighted by Crippen LogP contribution is 2.12. The molecule has 0 bridgehead atoms. The quantitative estimate of drug-likeness (QED) is 0.609. The zero-order chi connectivity index (χ0) is 21.1. The number of fused-ring (bicyclic) bond motifs is 1. The molecule has 0 saturated carbocycles. The molecule has 1 aromatic carbocycles. The molecule has 1 fully saturated rings. The van der Waals surface area contributed by atoms with Gasteiger partial charge in [-0.1, -0.05) is 29.8 Å². The summed E-state index contributed by atoms with van der Waals surface area (Å²) >= 11 is 0. The van der Waals surface area contributed by atoms with E-state index >= 15 is 0 Å². The zero-order valence-corrected chi connectivity index (χ0v) is 17.4. The summed E-state index contributed by atoms with van der Waals surface area (Å²) < 4.78 is 6.98. The number of piperazine rings is 1. The molecule has 156 valence electrons. The van der Waals surface area contributed by atoms with Crippen LogP contribution in [-0.2, 0) is 16.1 Å². The molecular weight excluding hydrogens is 380 g/mol. The standard InChI is InChI=1S/C23H26N4O3/c1-17-4-3-5-19(12-17)14-25-8-10-26(11-9-25)22(28)16-30-23(29)20-15-27-7-6-18(2)13-21(27)24-20/h3-7,12-13,15H,8-11,14,16H2,1-2H3. The van der Waals surface area contributed by atoms with Crippen molar-refractivity contribution in [3.8, 4) is 0 Å². The molecule has 0 aliphatic carbocycles. The van der Waals surface area contributed by atoms with E-state index < -0.39 is 5.97 Å². The lowest BCUT2D eigenvalue weighted by atomic mass is 10.1. The first kappa shape index (κ1) is 20.1. The van der Waals surface area contributed by atoms with Gasteiger partial charge in [-0.05, 0) is 37.1 Å². The van der Waals surface area contributed by atoms with Gasteiger partial charge >= 0.3 is 5.97 Å².